The van der Waals surface area contributed by atoms with Gasteiger partial charge in [-0.1, -0.05) is 11.6 Å². The molecule has 0 spiro atoms. The van der Waals surface area contributed by atoms with Gasteiger partial charge in [-0.2, -0.15) is 0 Å². The van der Waals surface area contributed by atoms with Crippen molar-refractivity contribution in [3.8, 4) is 17.2 Å². The summed E-state index contributed by atoms with van der Waals surface area (Å²) in [6.45, 7) is 0.183. The fraction of sp³-hybridized carbons (Fsp3) is 0.417. The van der Waals surface area contributed by atoms with Gasteiger partial charge in [0.15, 0.2) is 23.0 Å². The Labute approximate surface area is 111 Å². The van der Waals surface area contributed by atoms with Gasteiger partial charge in [0, 0.05) is 0 Å². The molecular formula is C12H16ClNO4. The second kappa shape index (κ2) is 6.47. The third-order valence-electron chi connectivity index (χ3n) is 2.41. The Balaban J connectivity index is 3.42. The van der Waals surface area contributed by atoms with Crippen LogP contribution in [0.15, 0.2) is 6.07 Å². The number of carbonyl (C=O) groups is 1. The Hall–Kier alpha value is -1.46. The molecule has 0 heterocycles. The van der Waals surface area contributed by atoms with Crippen LogP contribution in [0.2, 0.25) is 5.02 Å². The van der Waals surface area contributed by atoms with Crippen LogP contribution in [0.25, 0.3) is 0 Å². The average Bonchev–Trinajstić information content (AvgIpc) is 2.37. The molecule has 0 aliphatic rings. The van der Waals surface area contributed by atoms with Gasteiger partial charge in [0.2, 0.25) is 0 Å². The number of ketones is 1. The van der Waals surface area contributed by atoms with Gasteiger partial charge < -0.3 is 19.5 Å². The molecule has 5 nitrogen and oxygen atoms in total. The van der Waals surface area contributed by atoms with Gasteiger partial charge in [-0.3, -0.25) is 4.79 Å². The lowest BCUT2D eigenvalue weighted by Gasteiger charge is -2.15. The van der Waals surface area contributed by atoms with E-state index < -0.39 is 0 Å². The average molecular weight is 274 g/mol. The smallest absolute Gasteiger partial charge is 0.183 e. The van der Waals surface area contributed by atoms with Crippen LogP contribution < -0.4 is 19.5 Å². The summed E-state index contributed by atoms with van der Waals surface area (Å²) < 4.78 is 15.5. The highest BCUT2D eigenvalue weighted by Crippen LogP contribution is 2.43. The van der Waals surface area contributed by atoms with Crippen LogP contribution >= 0.6 is 11.6 Å². The number of hydrogen-bond acceptors (Lipinski definition) is 5. The van der Waals surface area contributed by atoms with Crippen LogP contribution in [0.1, 0.15) is 10.4 Å². The molecule has 0 aliphatic carbocycles. The van der Waals surface area contributed by atoms with Gasteiger partial charge >= 0.3 is 0 Å². The first-order valence-electron chi connectivity index (χ1n) is 5.26. The van der Waals surface area contributed by atoms with Crippen molar-refractivity contribution in [2.24, 2.45) is 0 Å². The van der Waals surface area contributed by atoms with Gasteiger partial charge in [-0.25, -0.2) is 0 Å². The van der Waals surface area contributed by atoms with Crippen LogP contribution in [-0.2, 0) is 0 Å². The van der Waals surface area contributed by atoms with E-state index >= 15 is 0 Å². The second-order valence-electron chi connectivity index (χ2n) is 3.46. The Morgan fingerprint density at radius 1 is 1.22 bits per heavy atom. The van der Waals surface area contributed by atoms with Crippen molar-refractivity contribution in [2.75, 3.05) is 34.9 Å². The summed E-state index contributed by atoms with van der Waals surface area (Å²) >= 11 is 6.14. The zero-order valence-electron chi connectivity index (χ0n) is 10.8. The van der Waals surface area contributed by atoms with Crippen molar-refractivity contribution in [3.05, 3.63) is 16.7 Å². The summed E-state index contributed by atoms with van der Waals surface area (Å²) in [5, 5.41) is 3.00. The fourth-order valence-corrected chi connectivity index (χ4v) is 1.95. The normalized spacial score (nSPS) is 10.1. The van der Waals surface area contributed by atoms with E-state index in [0.717, 1.165) is 0 Å². The van der Waals surface area contributed by atoms with Gasteiger partial charge in [-0.15, -0.1) is 0 Å². The lowest BCUT2D eigenvalue weighted by molar-refractivity contribution is 0.0990. The van der Waals surface area contributed by atoms with E-state index in [0.29, 0.717) is 17.1 Å². The summed E-state index contributed by atoms with van der Waals surface area (Å²) in [5.74, 6) is 0.881. The number of hydrogen-bond donors (Lipinski definition) is 1. The van der Waals surface area contributed by atoms with Crippen molar-refractivity contribution in [1.82, 2.24) is 5.32 Å². The molecule has 0 fully saturated rings. The van der Waals surface area contributed by atoms with E-state index in [-0.39, 0.29) is 23.1 Å². The Kier molecular flexibility index (Phi) is 5.25. The van der Waals surface area contributed by atoms with Crippen molar-refractivity contribution in [1.29, 1.82) is 0 Å². The quantitative estimate of drug-likeness (QED) is 0.801. The molecule has 100 valence electrons. The maximum atomic E-state index is 11.9. The summed E-state index contributed by atoms with van der Waals surface area (Å²) in [4.78, 5) is 11.9. The van der Waals surface area contributed by atoms with Gasteiger partial charge in [0.1, 0.15) is 5.02 Å². The van der Waals surface area contributed by atoms with Crippen molar-refractivity contribution < 1.29 is 19.0 Å². The minimum absolute atomic E-state index is 0.141. The van der Waals surface area contributed by atoms with Crippen LogP contribution in [0, 0.1) is 0 Å². The predicted octanol–water partition coefficient (Wildman–Crippen LogP) is 1.77. The molecule has 1 aromatic carbocycles. The van der Waals surface area contributed by atoms with Crippen LogP contribution in [-0.4, -0.2) is 40.7 Å². The molecule has 0 radical (unpaired) electrons. The summed E-state index contributed by atoms with van der Waals surface area (Å²) in [6.07, 6.45) is 0. The third-order valence-corrected chi connectivity index (χ3v) is 2.75. The Morgan fingerprint density at radius 2 is 1.83 bits per heavy atom. The number of likely N-dealkylation sites (N-methyl/N-ethyl adjacent to an activating group) is 1. The number of carbonyl (C=O) groups excluding carboxylic acids is 1. The molecule has 0 unspecified atom stereocenters. The number of halogens is 1. The highest BCUT2D eigenvalue weighted by Gasteiger charge is 2.22. The molecular weight excluding hydrogens is 258 g/mol. The molecule has 1 rings (SSSR count). The molecule has 0 saturated carbocycles. The van der Waals surface area contributed by atoms with E-state index in [4.69, 9.17) is 25.8 Å². The van der Waals surface area contributed by atoms with Gasteiger partial charge in [-0.05, 0) is 13.1 Å². The first kappa shape index (κ1) is 14.6. The Bertz CT molecular complexity index is 448. The van der Waals surface area contributed by atoms with E-state index in [9.17, 15) is 4.79 Å². The van der Waals surface area contributed by atoms with Crippen molar-refractivity contribution in [3.63, 3.8) is 0 Å². The standard InChI is InChI=1S/C12H16ClNO4/c1-14-6-8(15)7-5-9(16-2)12(18-4)10(13)11(7)17-3/h5,14H,6H2,1-4H3. The summed E-state index contributed by atoms with van der Waals surface area (Å²) in [7, 11) is 6.08. The zero-order chi connectivity index (χ0) is 13.7. The largest absolute Gasteiger partial charge is 0.494 e. The first-order chi connectivity index (χ1) is 8.60. The minimum Gasteiger partial charge on any atom is -0.494 e. The molecule has 18 heavy (non-hydrogen) atoms. The van der Waals surface area contributed by atoms with Gasteiger partial charge in [0.25, 0.3) is 0 Å². The molecule has 0 saturated heterocycles. The van der Waals surface area contributed by atoms with Crippen LogP contribution in [0.5, 0.6) is 17.2 Å². The fourth-order valence-electron chi connectivity index (χ4n) is 1.60. The molecule has 0 atom stereocenters. The monoisotopic (exact) mass is 273 g/mol. The second-order valence-corrected chi connectivity index (χ2v) is 3.84. The highest BCUT2D eigenvalue weighted by molar-refractivity contribution is 6.34. The number of Topliss-reactive ketones (excluding diaryl/α,β-unsaturated/α-hetero) is 1. The van der Waals surface area contributed by atoms with Crippen molar-refractivity contribution >= 4 is 17.4 Å². The molecule has 0 aromatic heterocycles. The molecule has 6 heteroatoms. The number of nitrogens with one attached hydrogen (secondary N) is 1. The lowest BCUT2D eigenvalue weighted by Crippen LogP contribution is -2.19. The van der Waals surface area contributed by atoms with E-state index in [1.54, 1.807) is 13.1 Å². The number of benzene rings is 1. The topological polar surface area (TPSA) is 56.8 Å². The Morgan fingerprint density at radius 3 is 2.28 bits per heavy atom. The predicted molar refractivity (Wildman–Crippen MR) is 69.4 cm³/mol. The SMILES string of the molecule is CNCC(=O)c1cc(OC)c(OC)c(Cl)c1OC. The highest BCUT2D eigenvalue weighted by atomic mass is 35.5. The number of rotatable bonds is 6. The zero-order valence-corrected chi connectivity index (χ0v) is 11.6. The first-order valence-corrected chi connectivity index (χ1v) is 5.64. The third kappa shape index (κ3) is 2.68. The van der Waals surface area contributed by atoms with Crippen LogP contribution in [0.4, 0.5) is 0 Å². The minimum atomic E-state index is -0.141. The molecule has 1 aromatic rings. The maximum Gasteiger partial charge on any atom is 0.183 e. The van der Waals surface area contributed by atoms with E-state index in [1.165, 1.54) is 21.3 Å². The molecule has 0 aliphatic heterocycles. The maximum absolute atomic E-state index is 11.9. The number of methoxy groups -OCH3 is 3. The lowest BCUT2D eigenvalue weighted by atomic mass is 10.1. The molecule has 1 N–H and O–H groups in total. The summed E-state index contributed by atoms with van der Waals surface area (Å²) in [6, 6.07) is 1.56. The van der Waals surface area contributed by atoms with Crippen molar-refractivity contribution in [2.45, 2.75) is 0 Å². The van der Waals surface area contributed by atoms with E-state index in [1.807, 2.05) is 0 Å². The molecule has 0 amide bonds. The van der Waals surface area contributed by atoms with Gasteiger partial charge in [0.05, 0.1) is 33.4 Å². The summed E-state index contributed by atoms with van der Waals surface area (Å²) in [5.41, 5.74) is 0.356. The molecule has 0 bridgehead atoms. The number of ether oxygens (including phenoxy) is 3. The van der Waals surface area contributed by atoms with Crippen LogP contribution in [0.3, 0.4) is 0 Å². The van der Waals surface area contributed by atoms with E-state index in [2.05, 4.69) is 5.32 Å².